The van der Waals surface area contributed by atoms with E-state index in [0.717, 1.165) is 63.8 Å². The van der Waals surface area contributed by atoms with Crippen molar-refractivity contribution in [2.24, 2.45) is 47.3 Å². The summed E-state index contributed by atoms with van der Waals surface area (Å²) >= 11 is 0. The summed E-state index contributed by atoms with van der Waals surface area (Å²) in [6.45, 7) is 19.2. The zero-order chi connectivity index (χ0) is 38.2. The Morgan fingerprint density at radius 3 is 1.30 bits per heavy atom. The van der Waals surface area contributed by atoms with E-state index in [1.807, 2.05) is 6.16 Å². The van der Waals surface area contributed by atoms with Gasteiger partial charge in [-0.05, 0) is 0 Å². The number of hydrogen-bond donors (Lipinski definition) is 0. The minimum atomic E-state index is -4.32. The predicted octanol–water partition coefficient (Wildman–Crippen LogP) is 14.5. The first kappa shape index (κ1) is 32.9. The zero-order valence-electron chi connectivity index (χ0n) is 36.6. The fraction of sp³-hybridized carbons (Fsp3) is 0.769. The fourth-order valence-corrected chi connectivity index (χ4v) is 186. The average Bonchev–Trinajstić information content (AvgIpc) is 4.09. The first-order valence-corrected chi connectivity index (χ1v) is 41.1. The zero-order valence-corrected chi connectivity index (χ0v) is 41.5. The molecule has 0 N–H and O–H groups in total. The van der Waals surface area contributed by atoms with Gasteiger partial charge in [0.1, 0.15) is 0 Å². The molecule has 8 bridgehead atoms. The summed E-state index contributed by atoms with van der Waals surface area (Å²) in [5.41, 5.74) is 5.64. The van der Waals surface area contributed by atoms with Crippen LogP contribution in [-0.4, -0.2) is 39.8 Å². The van der Waals surface area contributed by atoms with Gasteiger partial charge >= 0.3 is 342 Å². The molecule has 5 unspecified atom stereocenters. The predicted molar refractivity (Wildman–Crippen MR) is 247 cm³/mol. The maximum atomic E-state index is 3.10. The molecule has 8 aliphatic carbocycles. The summed E-state index contributed by atoms with van der Waals surface area (Å²) in [7, 11) is -3.20. The molecule has 5 heteroatoms. The van der Waals surface area contributed by atoms with Gasteiger partial charge < -0.3 is 0 Å². The molecule has 10 heterocycles. The van der Waals surface area contributed by atoms with Crippen LogP contribution in [0, 0.1) is 61.2 Å². The van der Waals surface area contributed by atoms with E-state index in [4.69, 9.17) is 0 Å². The van der Waals surface area contributed by atoms with E-state index in [-0.39, 0.29) is 15.8 Å². The number of hydrogen-bond acceptors (Lipinski definition) is 0. The van der Waals surface area contributed by atoms with Gasteiger partial charge in [0.15, 0.2) is 0 Å². The molecular formula is C52H72FeP2Si2. The van der Waals surface area contributed by atoms with Crippen molar-refractivity contribution in [3.63, 3.8) is 0 Å². The number of fused-ring (bicyclic) bond motifs is 10. The van der Waals surface area contributed by atoms with Gasteiger partial charge in [0, 0.05) is 0 Å². The summed E-state index contributed by atoms with van der Waals surface area (Å²) in [5, 5.41) is 3.61. The van der Waals surface area contributed by atoms with Gasteiger partial charge in [-0.25, -0.2) is 0 Å². The molecule has 18 aliphatic rings. The molecule has 0 amide bonds. The molecule has 20 rings (SSSR count). The van der Waals surface area contributed by atoms with E-state index >= 15 is 0 Å². The van der Waals surface area contributed by atoms with E-state index in [9.17, 15) is 0 Å². The number of aryl methyl sites for hydroxylation is 2. The van der Waals surface area contributed by atoms with Gasteiger partial charge in [-0.1, -0.05) is 0 Å². The monoisotopic (exact) mass is 870 g/mol. The van der Waals surface area contributed by atoms with Crippen molar-refractivity contribution in [1.29, 1.82) is 0 Å². The Morgan fingerprint density at radius 2 is 0.947 bits per heavy atom. The molecule has 2 aromatic carbocycles. The molecule has 10 saturated heterocycles. The Kier molecular flexibility index (Phi) is 3.54. The molecule has 10 aliphatic heterocycles. The molecule has 8 saturated carbocycles. The molecule has 1 spiro atoms. The fourth-order valence-electron chi connectivity index (χ4n) is 35.5. The summed E-state index contributed by atoms with van der Waals surface area (Å²) in [5.74, 6) is 9.13. The second kappa shape index (κ2) is 6.14. The van der Waals surface area contributed by atoms with Crippen LogP contribution in [-0.2, 0) is 6.51 Å². The van der Waals surface area contributed by atoms with Crippen molar-refractivity contribution in [2.75, 3.05) is 12.3 Å². The van der Waals surface area contributed by atoms with Crippen molar-refractivity contribution in [2.45, 2.75) is 174 Å². The molecular weight excluding hydrogens is 799 g/mol. The van der Waals surface area contributed by atoms with Crippen LogP contribution >= 0.6 is 15.8 Å². The number of benzene rings is 2. The quantitative estimate of drug-likeness (QED) is 0.165. The van der Waals surface area contributed by atoms with Crippen molar-refractivity contribution in [1.82, 2.24) is 0 Å². The Labute approximate surface area is 340 Å². The summed E-state index contributed by atoms with van der Waals surface area (Å²) in [6, 6.07) is 20.0. The third-order valence-corrected chi connectivity index (χ3v) is 102. The van der Waals surface area contributed by atoms with Crippen LogP contribution in [0.15, 0.2) is 48.5 Å². The van der Waals surface area contributed by atoms with Gasteiger partial charge in [-0.2, -0.15) is 0 Å². The normalized spacial score (nSPS) is 68.4. The minimum absolute atomic E-state index is 0.0983. The molecule has 0 radical (unpaired) electrons. The van der Waals surface area contributed by atoms with E-state index in [1.54, 1.807) is 92.1 Å². The van der Waals surface area contributed by atoms with Crippen LogP contribution in [0.5, 0.6) is 0 Å². The summed E-state index contributed by atoms with van der Waals surface area (Å²) in [4.78, 5) is 8.28. The Bertz CT molecular complexity index is 2580. The van der Waals surface area contributed by atoms with E-state index in [0.29, 0.717) is 0 Å². The van der Waals surface area contributed by atoms with E-state index in [1.165, 1.54) is 40.2 Å². The molecule has 5 atom stereocenters. The van der Waals surface area contributed by atoms with Crippen LogP contribution in [0.1, 0.15) is 75.3 Å². The summed E-state index contributed by atoms with van der Waals surface area (Å²) in [6.07, 6.45) is 20.4. The molecule has 57 heavy (non-hydrogen) atoms. The van der Waals surface area contributed by atoms with Crippen molar-refractivity contribution in [3.05, 3.63) is 59.7 Å². The van der Waals surface area contributed by atoms with Crippen LogP contribution in [0.2, 0.25) is 84.7 Å². The number of rotatable bonds is 10. The molecule has 2 aromatic rings. The van der Waals surface area contributed by atoms with Crippen molar-refractivity contribution in [3.8, 4) is 0 Å². The maximum absolute atomic E-state index is 4.32. The average molecular weight is 871 g/mol. The standard InChI is InChI=1S/C47H67P2Si2.C5H5.Fe/c1-30-13-9-11-15-42(30)48(43-16-12-10-14-31(43)2)28-40-27-44(50(3,4)5)47(51(6,7)8)41(40)29-49(45-36-19-32-17-33(21-36)22-37(45)20-32)46-38-23-34-18-35(25-38)26-39(46)24-34;1-2-4-5-3-1;/h9-16,27,32-39,45-46H,17-26,28-29H2,1-8H3;1-5H;. The molecule has 0 aromatic heterocycles. The molecule has 0 nitrogen and oxygen atoms in total. The van der Waals surface area contributed by atoms with Crippen LogP contribution < -0.4 is 10.6 Å². The van der Waals surface area contributed by atoms with Gasteiger partial charge in [0.2, 0.25) is 0 Å². The van der Waals surface area contributed by atoms with Crippen molar-refractivity contribution >= 4 is 42.6 Å². The first-order valence-electron chi connectivity index (χ1n) is 24.9. The summed E-state index contributed by atoms with van der Waals surface area (Å²) < 4.78 is 3.80. The van der Waals surface area contributed by atoms with Crippen LogP contribution in [0.25, 0.3) is 0 Å². The first-order chi connectivity index (χ1) is 27.0. The Hall–Kier alpha value is 0.253. The van der Waals surface area contributed by atoms with E-state index < -0.39 is 22.7 Å². The van der Waals surface area contributed by atoms with Gasteiger partial charge in [0.25, 0.3) is 0 Å². The second-order valence-corrected chi connectivity index (χ2v) is 68.3. The topological polar surface area (TPSA) is 0 Å². The van der Waals surface area contributed by atoms with Crippen LogP contribution in [0.3, 0.4) is 0 Å². The van der Waals surface area contributed by atoms with E-state index in [2.05, 4.69) is 102 Å². The second-order valence-electron chi connectivity index (χ2n) is 29.4. The molecule has 306 valence electrons. The van der Waals surface area contributed by atoms with Gasteiger partial charge in [0.05, 0.1) is 0 Å². The van der Waals surface area contributed by atoms with Crippen molar-refractivity contribution < 1.29 is 6.51 Å². The van der Waals surface area contributed by atoms with Gasteiger partial charge in [-0.3, -0.25) is 0 Å². The van der Waals surface area contributed by atoms with Gasteiger partial charge in [-0.15, -0.1) is 0 Å². The Morgan fingerprint density at radius 1 is 0.544 bits per heavy atom. The SMILES string of the molecule is Cc1ccccc1P(C[C]12[CH]3[C]4([Si](C)(C)C)[C]5([Si](C)(C)C)[C]1(CP(C1C6CC7CC(C6)CC1C7)C1C6CC7CC(C6)CC1C7)[Fe]32451678[CH]2[CH]1[CH]6[CH]7[CH]28)c1ccccc1C. The molecule has 18 fully saturated rings. The third-order valence-electron chi connectivity index (χ3n) is 30.7. The Balaban J connectivity index is 0.911. The third kappa shape index (κ3) is 1.16. The van der Waals surface area contributed by atoms with Crippen LogP contribution in [0.4, 0.5) is 0 Å².